The Balaban J connectivity index is 2.24. The molecule has 1 aliphatic heterocycles. The molecule has 118 valence electrons. The Hall–Kier alpha value is -1.67. The van der Waals surface area contributed by atoms with E-state index in [1.165, 1.54) is 0 Å². The van der Waals surface area contributed by atoms with E-state index in [1.807, 2.05) is 32.8 Å². The van der Waals surface area contributed by atoms with Crippen LogP contribution in [0.2, 0.25) is 0 Å². The van der Waals surface area contributed by atoms with Crippen LogP contribution in [0.4, 0.5) is 11.9 Å². The van der Waals surface area contributed by atoms with Crippen molar-refractivity contribution in [2.75, 3.05) is 37.8 Å². The van der Waals surface area contributed by atoms with Gasteiger partial charge < -0.3 is 25.4 Å². The molecule has 2 unspecified atom stereocenters. The van der Waals surface area contributed by atoms with E-state index in [9.17, 15) is 5.11 Å². The van der Waals surface area contributed by atoms with E-state index in [1.54, 1.807) is 0 Å². The lowest BCUT2D eigenvalue weighted by molar-refractivity contribution is 0.191. The van der Waals surface area contributed by atoms with E-state index >= 15 is 0 Å². The number of aromatic nitrogens is 3. The van der Waals surface area contributed by atoms with Crippen LogP contribution in [0.1, 0.15) is 20.3 Å². The molecule has 0 aromatic carbocycles. The summed E-state index contributed by atoms with van der Waals surface area (Å²) in [5.41, 5.74) is 5.74. The van der Waals surface area contributed by atoms with Crippen LogP contribution in [0.25, 0.3) is 0 Å². The maximum Gasteiger partial charge on any atom is 0.323 e. The SMILES string of the molecule is CC(C)Oc1nc(N)nc(N2CC(O)CC2CN(C)C)n1. The minimum Gasteiger partial charge on any atom is -0.461 e. The predicted octanol–water partition coefficient (Wildman–Crippen LogP) is -0.258. The van der Waals surface area contributed by atoms with E-state index in [4.69, 9.17) is 10.5 Å². The van der Waals surface area contributed by atoms with Crippen LogP contribution in [-0.2, 0) is 0 Å². The number of anilines is 2. The van der Waals surface area contributed by atoms with Crippen LogP contribution in [0.3, 0.4) is 0 Å². The van der Waals surface area contributed by atoms with Crippen LogP contribution in [0, 0.1) is 0 Å². The number of nitrogens with two attached hydrogens (primary N) is 1. The molecular formula is C13H24N6O2. The molecule has 0 amide bonds. The highest BCUT2D eigenvalue weighted by Gasteiger charge is 2.33. The lowest BCUT2D eigenvalue weighted by Gasteiger charge is -2.26. The molecular weight excluding hydrogens is 272 g/mol. The molecule has 1 aromatic heterocycles. The van der Waals surface area contributed by atoms with Gasteiger partial charge in [0.05, 0.1) is 12.2 Å². The zero-order valence-electron chi connectivity index (χ0n) is 13.0. The summed E-state index contributed by atoms with van der Waals surface area (Å²) in [4.78, 5) is 16.5. The van der Waals surface area contributed by atoms with Crippen molar-refractivity contribution in [3.8, 4) is 6.01 Å². The van der Waals surface area contributed by atoms with Crippen molar-refractivity contribution < 1.29 is 9.84 Å². The number of aliphatic hydroxyl groups is 1. The number of nitrogens with zero attached hydrogens (tertiary/aromatic N) is 5. The quantitative estimate of drug-likeness (QED) is 0.766. The highest BCUT2D eigenvalue weighted by atomic mass is 16.5. The van der Waals surface area contributed by atoms with Gasteiger partial charge in [-0.15, -0.1) is 0 Å². The Labute approximate surface area is 125 Å². The third-order valence-corrected chi connectivity index (χ3v) is 3.19. The van der Waals surface area contributed by atoms with Crippen LogP contribution in [0.15, 0.2) is 0 Å². The van der Waals surface area contributed by atoms with Crippen LogP contribution in [-0.4, -0.2) is 70.4 Å². The van der Waals surface area contributed by atoms with Gasteiger partial charge >= 0.3 is 6.01 Å². The normalized spacial score (nSPS) is 22.3. The monoisotopic (exact) mass is 296 g/mol. The lowest BCUT2D eigenvalue weighted by Crippen LogP contribution is -2.38. The van der Waals surface area contributed by atoms with Gasteiger partial charge in [-0.3, -0.25) is 0 Å². The zero-order chi connectivity index (χ0) is 15.6. The molecule has 1 aliphatic rings. The summed E-state index contributed by atoms with van der Waals surface area (Å²) in [6.07, 6.45) is 0.258. The molecule has 2 rings (SSSR count). The van der Waals surface area contributed by atoms with Gasteiger partial charge in [-0.2, -0.15) is 15.0 Å². The third kappa shape index (κ3) is 4.15. The molecule has 0 spiro atoms. The predicted molar refractivity (Wildman–Crippen MR) is 80.3 cm³/mol. The first-order chi connectivity index (χ1) is 9.85. The molecule has 8 nitrogen and oxygen atoms in total. The first-order valence-corrected chi connectivity index (χ1v) is 7.12. The largest absolute Gasteiger partial charge is 0.461 e. The summed E-state index contributed by atoms with van der Waals surface area (Å²) in [5, 5.41) is 9.93. The first-order valence-electron chi connectivity index (χ1n) is 7.12. The van der Waals surface area contributed by atoms with E-state index in [0.717, 1.165) is 6.54 Å². The second-order valence-corrected chi connectivity index (χ2v) is 5.90. The summed E-state index contributed by atoms with van der Waals surface area (Å²) in [7, 11) is 4.00. The lowest BCUT2D eigenvalue weighted by atomic mass is 10.2. The molecule has 0 radical (unpaired) electrons. The fourth-order valence-electron chi connectivity index (χ4n) is 2.48. The Morgan fingerprint density at radius 3 is 2.71 bits per heavy atom. The second-order valence-electron chi connectivity index (χ2n) is 5.90. The first kappa shape index (κ1) is 15.7. The number of β-amino-alcohol motifs (C(OH)–C–C–N with tert-alkyl or cyclic N) is 1. The molecule has 0 bridgehead atoms. The summed E-state index contributed by atoms with van der Waals surface area (Å²) in [6, 6.07) is 0.362. The number of ether oxygens (including phenoxy) is 1. The Kier molecular flexibility index (Phi) is 4.79. The highest BCUT2D eigenvalue weighted by Crippen LogP contribution is 2.25. The molecule has 0 aliphatic carbocycles. The van der Waals surface area contributed by atoms with Gasteiger partial charge in [0.1, 0.15) is 0 Å². The van der Waals surface area contributed by atoms with E-state index in [-0.39, 0.29) is 30.2 Å². The van der Waals surface area contributed by atoms with Crippen molar-refractivity contribution in [1.82, 2.24) is 19.9 Å². The van der Waals surface area contributed by atoms with Crippen molar-refractivity contribution >= 4 is 11.9 Å². The number of nitrogen functional groups attached to an aromatic ring is 1. The second kappa shape index (κ2) is 6.40. The summed E-state index contributed by atoms with van der Waals surface area (Å²) in [5.74, 6) is 0.585. The number of hydrogen-bond donors (Lipinski definition) is 2. The minimum atomic E-state index is -0.387. The molecule has 21 heavy (non-hydrogen) atoms. The smallest absolute Gasteiger partial charge is 0.323 e. The Bertz CT molecular complexity index is 482. The van der Waals surface area contributed by atoms with E-state index < -0.39 is 0 Å². The molecule has 1 aromatic rings. The summed E-state index contributed by atoms with van der Waals surface area (Å²) < 4.78 is 5.50. The van der Waals surface area contributed by atoms with Gasteiger partial charge in [-0.05, 0) is 34.4 Å². The van der Waals surface area contributed by atoms with E-state index in [0.29, 0.717) is 18.9 Å². The van der Waals surface area contributed by atoms with Crippen molar-refractivity contribution in [2.45, 2.75) is 38.5 Å². The molecule has 1 saturated heterocycles. The molecule has 3 N–H and O–H groups in total. The summed E-state index contributed by atoms with van der Waals surface area (Å²) in [6.45, 7) is 5.09. The topological polar surface area (TPSA) is 101 Å². The van der Waals surface area contributed by atoms with Crippen LogP contribution >= 0.6 is 0 Å². The van der Waals surface area contributed by atoms with Gasteiger partial charge in [0.25, 0.3) is 0 Å². The average Bonchev–Trinajstić information content (AvgIpc) is 2.67. The van der Waals surface area contributed by atoms with Gasteiger partial charge in [0.2, 0.25) is 11.9 Å². The van der Waals surface area contributed by atoms with Gasteiger partial charge in [-0.1, -0.05) is 0 Å². The maximum absolute atomic E-state index is 9.93. The van der Waals surface area contributed by atoms with Gasteiger partial charge in [0.15, 0.2) is 0 Å². The average molecular weight is 296 g/mol. The van der Waals surface area contributed by atoms with Gasteiger partial charge in [-0.25, -0.2) is 0 Å². The fraction of sp³-hybridized carbons (Fsp3) is 0.769. The maximum atomic E-state index is 9.93. The Morgan fingerprint density at radius 2 is 2.10 bits per heavy atom. The number of rotatable bonds is 5. The highest BCUT2D eigenvalue weighted by molar-refractivity contribution is 5.39. The number of aliphatic hydroxyl groups excluding tert-OH is 1. The third-order valence-electron chi connectivity index (χ3n) is 3.19. The summed E-state index contributed by atoms with van der Waals surface area (Å²) >= 11 is 0. The molecule has 2 atom stereocenters. The number of hydrogen-bond acceptors (Lipinski definition) is 8. The molecule has 2 heterocycles. The van der Waals surface area contributed by atoms with Crippen LogP contribution < -0.4 is 15.4 Å². The molecule has 8 heteroatoms. The molecule has 1 fully saturated rings. The Morgan fingerprint density at radius 1 is 1.38 bits per heavy atom. The fourth-order valence-corrected chi connectivity index (χ4v) is 2.48. The van der Waals surface area contributed by atoms with Crippen molar-refractivity contribution in [2.24, 2.45) is 0 Å². The molecule has 0 saturated carbocycles. The van der Waals surface area contributed by atoms with Crippen molar-refractivity contribution in [3.63, 3.8) is 0 Å². The van der Waals surface area contributed by atoms with Crippen molar-refractivity contribution in [3.05, 3.63) is 0 Å². The zero-order valence-corrected chi connectivity index (χ0v) is 13.0. The van der Waals surface area contributed by atoms with E-state index in [2.05, 4.69) is 19.9 Å². The number of likely N-dealkylation sites (N-methyl/N-ethyl adjacent to an activating group) is 1. The minimum absolute atomic E-state index is 0.0404. The standard InChI is InChI=1S/C13H24N6O2/c1-8(2)21-13-16-11(14)15-12(17-13)19-7-10(20)5-9(19)6-18(3)4/h8-10,20H,5-7H2,1-4H3,(H2,14,15,16,17). The van der Waals surface area contributed by atoms with Crippen LogP contribution in [0.5, 0.6) is 6.01 Å². The van der Waals surface area contributed by atoms with Crippen molar-refractivity contribution in [1.29, 1.82) is 0 Å². The van der Waals surface area contributed by atoms with Gasteiger partial charge in [0, 0.05) is 19.1 Å².